The molecule has 23 heavy (non-hydrogen) atoms. The average Bonchev–Trinajstić information content (AvgIpc) is 2.87. The molecule has 1 aliphatic rings. The number of nitrogens with zero attached hydrogens (tertiary/aromatic N) is 4. The minimum Gasteiger partial charge on any atom is -0.370 e. The predicted octanol–water partition coefficient (Wildman–Crippen LogP) is 0.449. The molecule has 4 rings (SSSR count). The molecule has 0 spiro atoms. The van der Waals surface area contributed by atoms with Crippen LogP contribution in [-0.4, -0.2) is 38.8 Å². The molecule has 1 aliphatic heterocycles. The molecule has 118 valence electrons. The Labute approximate surface area is 131 Å². The first-order chi connectivity index (χ1) is 11.1. The summed E-state index contributed by atoms with van der Waals surface area (Å²) in [7, 11) is 1.89. The van der Waals surface area contributed by atoms with Gasteiger partial charge >= 0.3 is 0 Å². The quantitative estimate of drug-likeness (QED) is 0.603. The van der Waals surface area contributed by atoms with Crippen LogP contribution in [0, 0.1) is 0 Å². The van der Waals surface area contributed by atoms with Crippen molar-refractivity contribution < 1.29 is 0 Å². The number of aromatic nitrogens is 3. The molecule has 0 saturated heterocycles. The fraction of sp³-hybridized carbons (Fsp3) is 0.267. The summed E-state index contributed by atoms with van der Waals surface area (Å²) in [6, 6.07) is 3.36. The third-order valence-electron chi connectivity index (χ3n) is 4.45. The summed E-state index contributed by atoms with van der Waals surface area (Å²) in [6.45, 7) is 0.630. The van der Waals surface area contributed by atoms with Crippen molar-refractivity contribution in [1.29, 1.82) is 0 Å². The molecule has 3 aromatic rings. The van der Waals surface area contributed by atoms with Crippen molar-refractivity contribution >= 4 is 28.5 Å². The standard InChI is InChI=1S/C15H17N7O/c1-21-8(2-5-19-14(21)16)11-9-3-6-20-15(17)22(9)13-12(11)10(23)4-7-18-13/h3-4,6-8H,2,5H2,1H3,(H2,16,19)(H2,17,20)(H,18,23)/t8-/m1/s1. The number of aliphatic imine (C=N–C) groups is 1. The summed E-state index contributed by atoms with van der Waals surface area (Å²) < 4.78 is 1.78. The Bertz CT molecular complexity index is 1000. The Morgan fingerprint density at radius 3 is 3.00 bits per heavy atom. The van der Waals surface area contributed by atoms with Crippen LogP contribution in [0.2, 0.25) is 0 Å². The smallest absolute Gasteiger partial charge is 0.206 e. The lowest BCUT2D eigenvalue weighted by molar-refractivity contribution is 0.338. The molecule has 8 heteroatoms. The van der Waals surface area contributed by atoms with Crippen molar-refractivity contribution in [2.24, 2.45) is 10.7 Å². The highest BCUT2D eigenvalue weighted by molar-refractivity contribution is 5.92. The lowest BCUT2D eigenvalue weighted by atomic mass is 9.99. The fourth-order valence-electron chi connectivity index (χ4n) is 3.36. The molecule has 0 bridgehead atoms. The van der Waals surface area contributed by atoms with E-state index < -0.39 is 0 Å². The Morgan fingerprint density at radius 1 is 1.35 bits per heavy atom. The molecule has 3 aromatic heterocycles. The third-order valence-corrected chi connectivity index (χ3v) is 4.45. The van der Waals surface area contributed by atoms with E-state index in [0.717, 1.165) is 17.5 Å². The van der Waals surface area contributed by atoms with Gasteiger partial charge in [0.1, 0.15) is 5.65 Å². The van der Waals surface area contributed by atoms with Crippen LogP contribution in [0.5, 0.6) is 0 Å². The van der Waals surface area contributed by atoms with E-state index in [0.29, 0.717) is 29.5 Å². The Hall–Kier alpha value is -3.03. The first-order valence-corrected chi connectivity index (χ1v) is 7.38. The number of H-pyrrole nitrogens is 1. The monoisotopic (exact) mass is 311 g/mol. The van der Waals surface area contributed by atoms with Crippen molar-refractivity contribution in [3.8, 4) is 0 Å². The topological polar surface area (TPSA) is 118 Å². The number of anilines is 1. The van der Waals surface area contributed by atoms with E-state index in [-0.39, 0.29) is 11.5 Å². The third kappa shape index (κ3) is 1.81. The molecular formula is C15H17N7O. The maximum Gasteiger partial charge on any atom is 0.206 e. The van der Waals surface area contributed by atoms with Crippen molar-refractivity contribution in [2.45, 2.75) is 12.5 Å². The number of pyridine rings is 1. The normalized spacial score (nSPS) is 18.6. The predicted molar refractivity (Wildman–Crippen MR) is 89.3 cm³/mol. The van der Waals surface area contributed by atoms with Crippen molar-refractivity contribution in [3.63, 3.8) is 0 Å². The van der Waals surface area contributed by atoms with Gasteiger partial charge in [0, 0.05) is 37.6 Å². The first-order valence-electron chi connectivity index (χ1n) is 7.38. The van der Waals surface area contributed by atoms with E-state index in [1.165, 1.54) is 6.07 Å². The second-order valence-corrected chi connectivity index (χ2v) is 5.66. The molecule has 4 heterocycles. The summed E-state index contributed by atoms with van der Waals surface area (Å²) in [6.07, 6.45) is 4.05. The molecule has 5 N–H and O–H groups in total. The van der Waals surface area contributed by atoms with Gasteiger partial charge in [-0.1, -0.05) is 0 Å². The number of guanidine groups is 1. The lowest BCUT2D eigenvalue weighted by Crippen LogP contribution is -2.40. The number of nitrogens with one attached hydrogen (secondary N) is 1. The molecule has 0 fully saturated rings. The van der Waals surface area contributed by atoms with Gasteiger partial charge < -0.3 is 21.4 Å². The van der Waals surface area contributed by atoms with Crippen LogP contribution in [0.4, 0.5) is 5.95 Å². The summed E-state index contributed by atoms with van der Waals surface area (Å²) in [5.74, 6) is 0.809. The van der Waals surface area contributed by atoms with Crippen LogP contribution in [0.1, 0.15) is 18.0 Å². The molecule has 0 amide bonds. The SMILES string of the molecule is CN1C(N)=NCC[C@@H]1c1c2c(=O)cc[nH]c2n2c(N)nccc12. The number of aromatic amines is 1. The number of fused-ring (bicyclic) bond motifs is 3. The molecule has 8 nitrogen and oxygen atoms in total. The maximum absolute atomic E-state index is 12.5. The molecule has 0 unspecified atom stereocenters. The van der Waals surface area contributed by atoms with Gasteiger partial charge in [0.05, 0.1) is 16.9 Å². The van der Waals surface area contributed by atoms with Crippen LogP contribution in [0.3, 0.4) is 0 Å². The van der Waals surface area contributed by atoms with Gasteiger partial charge in [-0.15, -0.1) is 0 Å². The zero-order chi connectivity index (χ0) is 16.1. The average molecular weight is 311 g/mol. The molecule has 0 aliphatic carbocycles. The lowest BCUT2D eigenvalue weighted by Gasteiger charge is -2.32. The van der Waals surface area contributed by atoms with Crippen LogP contribution >= 0.6 is 0 Å². The largest absolute Gasteiger partial charge is 0.370 e. The van der Waals surface area contributed by atoms with Crippen molar-refractivity contribution in [2.75, 3.05) is 19.3 Å². The second-order valence-electron chi connectivity index (χ2n) is 5.66. The summed E-state index contributed by atoms with van der Waals surface area (Å²) in [5, 5.41) is 0.624. The molecule has 0 aromatic carbocycles. The first kappa shape index (κ1) is 13.6. The van der Waals surface area contributed by atoms with Crippen LogP contribution in [0.25, 0.3) is 16.6 Å². The number of hydrogen-bond donors (Lipinski definition) is 3. The van der Waals surface area contributed by atoms with Crippen LogP contribution in [-0.2, 0) is 0 Å². The van der Waals surface area contributed by atoms with Gasteiger partial charge in [-0.3, -0.25) is 14.2 Å². The molecule has 0 saturated carbocycles. The van der Waals surface area contributed by atoms with Gasteiger partial charge in [-0.2, -0.15) is 0 Å². The number of nitrogen functional groups attached to an aromatic ring is 1. The van der Waals surface area contributed by atoms with E-state index in [1.807, 2.05) is 18.0 Å². The Kier molecular flexibility index (Phi) is 2.80. The minimum absolute atomic E-state index is 0.0368. The highest BCUT2D eigenvalue weighted by atomic mass is 16.1. The molecular weight excluding hydrogens is 294 g/mol. The van der Waals surface area contributed by atoms with E-state index in [9.17, 15) is 4.79 Å². The number of rotatable bonds is 1. The summed E-state index contributed by atoms with van der Waals surface area (Å²) in [5.41, 5.74) is 14.4. The van der Waals surface area contributed by atoms with Gasteiger partial charge in [0.2, 0.25) is 5.95 Å². The van der Waals surface area contributed by atoms with Crippen molar-refractivity contribution in [3.05, 3.63) is 40.3 Å². The van der Waals surface area contributed by atoms with E-state index >= 15 is 0 Å². The van der Waals surface area contributed by atoms with Crippen LogP contribution in [0.15, 0.2) is 34.3 Å². The van der Waals surface area contributed by atoms with E-state index in [4.69, 9.17) is 11.5 Å². The Morgan fingerprint density at radius 2 is 2.17 bits per heavy atom. The van der Waals surface area contributed by atoms with Crippen LogP contribution < -0.4 is 16.9 Å². The highest BCUT2D eigenvalue weighted by Gasteiger charge is 2.29. The number of nitrogens with two attached hydrogens (primary N) is 2. The zero-order valence-corrected chi connectivity index (χ0v) is 12.7. The summed E-state index contributed by atoms with van der Waals surface area (Å²) >= 11 is 0. The van der Waals surface area contributed by atoms with Gasteiger partial charge in [-0.05, 0) is 12.5 Å². The van der Waals surface area contributed by atoms with E-state index in [1.54, 1.807) is 16.8 Å². The summed E-state index contributed by atoms with van der Waals surface area (Å²) in [4.78, 5) is 26.0. The molecule has 1 atom stereocenters. The maximum atomic E-state index is 12.5. The van der Waals surface area contributed by atoms with Gasteiger partial charge in [-0.25, -0.2) is 4.98 Å². The Balaban J connectivity index is 2.15. The van der Waals surface area contributed by atoms with Crippen molar-refractivity contribution in [1.82, 2.24) is 19.3 Å². The molecule has 0 radical (unpaired) electrons. The van der Waals surface area contributed by atoms with Gasteiger partial charge in [0.25, 0.3) is 0 Å². The van der Waals surface area contributed by atoms with Gasteiger partial charge in [0.15, 0.2) is 11.4 Å². The highest BCUT2D eigenvalue weighted by Crippen LogP contribution is 2.35. The zero-order valence-electron chi connectivity index (χ0n) is 12.7. The second kappa shape index (κ2) is 4.73. The minimum atomic E-state index is -0.0497. The fourth-order valence-corrected chi connectivity index (χ4v) is 3.36. The van der Waals surface area contributed by atoms with E-state index in [2.05, 4.69) is 15.0 Å². The number of hydrogen-bond acceptors (Lipinski definition) is 6.